The largest absolute Gasteiger partial charge is 0.376 e. The molecule has 7 aromatic rings. The number of hydrogen-bond acceptors (Lipinski definition) is 2. The van der Waals surface area contributed by atoms with Gasteiger partial charge in [0, 0.05) is 42.7 Å². The second-order valence-corrected chi connectivity index (χ2v) is 11.6. The third kappa shape index (κ3) is 2.97. The van der Waals surface area contributed by atoms with E-state index in [2.05, 4.69) is 138 Å². The van der Waals surface area contributed by atoms with Gasteiger partial charge in [0.2, 0.25) is 0 Å². The second kappa shape index (κ2) is 7.95. The van der Waals surface area contributed by atoms with Gasteiger partial charge in [0.05, 0.1) is 0 Å². The highest BCUT2D eigenvalue weighted by Crippen LogP contribution is 2.46. The molecule has 3 heteroatoms. The molecule has 0 fully saturated rings. The van der Waals surface area contributed by atoms with Crippen LogP contribution in [-0.2, 0) is 0 Å². The fraction of sp³-hybridized carbons (Fsp3) is 0. The summed E-state index contributed by atoms with van der Waals surface area (Å²) in [6, 6.07) is 49.5. The monoisotopic (exact) mass is 511 g/mol. The molecule has 6 aromatic carbocycles. The van der Waals surface area contributed by atoms with Crippen molar-refractivity contribution in [3.05, 3.63) is 133 Å². The molecule has 1 nitrogen and oxygen atoms in total. The lowest BCUT2D eigenvalue weighted by atomic mass is 9.43. The van der Waals surface area contributed by atoms with Crippen LogP contribution in [0.2, 0.25) is 0 Å². The summed E-state index contributed by atoms with van der Waals surface area (Å²) in [4.78, 5) is 2.55. The number of benzene rings is 6. The minimum absolute atomic E-state index is 0.137. The molecule has 0 unspecified atom stereocenters. The number of fused-ring (bicyclic) bond motifs is 14. The summed E-state index contributed by atoms with van der Waals surface area (Å²) in [5.74, 6) is 0. The Bertz CT molecular complexity index is 2110. The number of para-hydroxylation sites is 2. The SMILES string of the molecule is c1ccc2c(c1)B1c3ccc(-c4ccc5sc6ccccc6c5c4)cc3-c3ccccc3N1c1ccccc1-2. The molecule has 0 atom stereocenters. The summed E-state index contributed by atoms with van der Waals surface area (Å²) < 4.78 is 2.69. The molecule has 0 amide bonds. The first-order valence-corrected chi connectivity index (χ1v) is 14.3. The van der Waals surface area contributed by atoms with Gasteiger partial charge in [0.1, 0.15) is 0 Å². The van der Waals surface area contributed by atoms with Gasteiger partial charge in [-0.3, -0.25) is 0 Å². The topological polar surface area (TPSA) is 3.24 Å². The average molecular weight is 511 g/mol. The lowest BCUT2D eigenvalue weighted by Gasteiger charge is -2.43. The van der Waals surface area contributed by atoms with Crippen molar-refractivity contribution < 1.29 is 0 Å². The van der Waals surface area contributed by atoms with Crippen molar-refractivity contribution in [2.75, 3.05) is 4.81 Å². The Hall–Kier alpha value is -4.60. The quantitative estimate of drug-likeness (QED) is 0.200. The van der Waals surface area contributed by atoms with E-state index in [1.54, 1.807) is 0 Å². The summed E-state index contributed by atoms with van der Waals surface area (Å²) in [5, 5.41) is 2.69. The molecule has 9 rings (SSSR count). The number of anilines is 2. The Morgan fingerprint density at radius 3 is 1.87 bits per heavy atom. The van der Waals surface area contributed by atoms with Crippen LogP contribution in [0.1, 0.15) is 0 Å². The van der Waals surface area contributed by atoms with Gasteiger partial charge in [-0.15, -0.1) is 11.3 Å². The molecular formula is C36H22BNS. The van der Waals surface area contributed by atoms with Gasteiger partial charge in [-0.2, -0.15) is 0 Å². The molecular weight excluding hydrogens is 489 g/mol. The van der Waals surface area contributed by atoms with Crippen LogP contribution in [0.25, 0.3) is 53.6 Å². The highest BCUT2D eigenvalue weighted by molar-refractivity contribution is 7.25. The summed E-state index contributed by atoms with van der Waals surface area (Å²) in [7, 11) is 0. The van der Waals surface area contributed by atoms with E-state index >= 15 is 0 Å². The summed E-state index contributed by atoms with van der Waals surface area (Å²) >= 11 is 1.87. The van der Waals surface area contributed by atoms with Gasteiger partial charge in [-0.1, -0.05) is 97.1 Å². The fourth-order valence-electron chi connectivity index (χ4n) is 6.77. The van der Waals surface area contributed by atoms with Gasteiger partial charge in [0.25, 0.3) is 0 Å². The predicted molar refractivity (Wildman–Crippen MR) is 169 cm³/mol. The van der Waals surface area contributed by atoms with Crippen LogP contribution in [-0.4, -0.2) is 6.85 Å². The van der Waals surface area contributed by atoms with Gasteiger partial charge < -0.3 is 4.81 Å². The fourth-order valence-corrected chi connectivity index (χ4v) is 7.86. The van der Waals surface area contributed by atoms with Crippen molar-refractivity contribution in [2.24, 2.45) is 0 Å². The van der Waals surface area contributed by atoms with Crippen LogP contribution < -0.4 is 15.7 Å². The molecule has 0 spiro atoms. The lowest BCUT2D eigenvalue weighted by Crippen LogP contribution is -2.59. The Labute approximate surface area is 231 Å². The summed E-state index contributed by atoms with van der Waals surface area (Å²) in [6.45, 7) is 0.137. The molecule has 0 saturated carbocycles. The molecule has 1 aromatic heterocycles. The first-order chi connectivity index (χ1) is 19.3. The maximum absolute atomic E-state index is 2.55. The van der Waals surface area contributed by atoms with Gasteiger partial charge in [-0.05, 0) is 69.6 Å². The average Bonchev–Trinajstić information content (AvgIpc) is 3.38. The highest BCUT2D eigenvalue weighted by Gasteiger charge is 2.41. The van der Waals surface area contributed by atoms with E-state index in [1.807, 2.05) is 11.3 Å². The lowest BCUT2D eigenvalue weighted by molar-refractivity contribution is 1.35. The Kier molecular flexibility index (Phi) is 4.35. The van der Waals surface area contributed by atoms with Crippen LogP contribution in [0.4, 0.5) is 11.4 Å². The maximum atomic E-state index is 2.55. The first kappa shape index (κ1) is 21.4. The van der Waals surface area contributed by atoms with Crippen molar-refractivity contribution in [3.63, 3.8) is 0 Å². The number of thiophene rings is 1. The van der Waals surface area contributed by atoms with Crippen LogP contribution in [0.3, 0.4) is 0 Å². The molecule has 3 heterocycles. The van der Waals surface area contributed by atoms with Crippen LogP contribution in [0, 0.1) is 0 Å². The van der Waals surface area contributed by atoms with Crippen LogP contribution in [0.5, 0.6) is 0 Å². The minimum Gasteiger partial charge on any atom is -0.376 e. The molecule has 2 aliphatic rings. The van der Waals surface area contributed by atoms with Crippen molar-refractivity contribution in [1.82, 2.24) is 0 Å². The molecule has 0 saturated heterocycles. The van der Waals surface area contributed by atoms with Crippen molar-refractivity contribution in [2.45, 2.75) is 0 Å². The molecule has 2 aliphatic heterocycles. The zero-order valence-electron chi connectivity index (χ0n) is 21.1. The number of nitrogens with zero attached hydrogens (tertiary/aromatic N) is 1. The van der Waals surface area contributed by atoms with E-state index in [0.29, 0.717) is 0 Å². The van der Waals surface area contributed by atoms with Crippen molar-refractivity contribution in [1.29, 1.82) is 0 Å². The van der Waals surface area contributed by atoms with E-state index in [-0.39, 0.29) is 6.85 Å². The predicted octanol–water partition coefficient (Wildman–Crippen LogP) is 8.63. The molecule has 0 aliphatic carbocycles. The Morgan fingerprint density at radius 2 is 1.03 bits per heavy atom. The second-order valence-electron chi connectivity index (χ2n) is 10.5. The molecule has 0 radical (unpaired) electrons. The summed E-state index contributed by atoms with van der Waals surface area (Å²) in [6.07, 6.45) is 0. The Morgan fingerprint density at radius 1 is 0.436 bits per heavy atom. The molecule has 0 N–H and O–H groups in total. The number of rotatable bonds is 1. The van der Waals surface area contributed by atoms with E-state index in [9.17, 15) is 0 Å². The molecule has 39 heavy (non-hydrogen) atoms. The van der Waals surface area contributed by atoms with Gasteiger partial charge in [0.15, 0.2) is 0 Å². The van der Waals surface area contributed by atoms with Gasteiger partial charge >= 0.3 is 6.85 Å². The standard InChI is InChI=1S/C36H22BNS/c1-5-13-31-25(9-1)26-10-2-6-14-33(26)38-34-15-7-3-11-27(34)29-21-23(17-19-32(29)37(31)38)24-18-20-36-30(22-24)28-12-4-8-16-35(28)39-36/h1-22H. The summed E-state index contributed by atoms with van der Waals surface area (Å²) in [5.41, 5.74) is 13.1. The zero-order valence-corrected chi connectivity index (χ0v) is 22.0. The third-order valence-electron chi connectivity index (χ3n) is 8.48. The first-order valence-electron chi connectivity index (χ1n) is 13.5. The van der Waals surface area contributed by atoms with Crippen LogP contribution in [0.15, 0.2) is 133 Å². The minimum atomic E-state index is 0.137. The van der Waals surface area contributed by atoms with E-state index < -0.39 is 0 Å². The van der Waals surface area contributed by atoms with Crippen LogP contribution >= 0.6 is 11.3 Å². The van der Waals surface area contributed by atoms with E-state index in [4.69, 9.17) is 0 Å². The van der Waals surface area contributed by atoms with Crippen molar-refractivity contribution in [3.8, 4) is 33.4 Å². The maximum Gasteiger partial charge on any atom is 0.329 e. The molecule has 0 bridgehead atoms. The molecule has 180 valence electrons. The van der Waals surface area contributed by atoms with E-state index in [0.717, 1.165) is 0 Å². The normalized spacial score (nSPS) is 13.0. The zero-order chi connectivity index (χ0) is 25.5. The smallest absolute Gasteiger partial charge is 0.329 e. The van der Waals surface area contributed by atoms with Gasteiger partial charge in [-0.25, -0.2) is 0 Å². The van der Waals surface area contributed by atoms with E-state index in [1.165, 1.54) is 75.9 Å². The van der Waals surface area contributed by atoms with Crippen molar-refractivity contribution >= 4 is 60.7 Å². The third-order valence-corrected chi connectivity index (χ3v) is 9.63. The number of hydrogen-bond donors (Lipinski definition) is 0. The highest BCUT2D eigenvalue weighted by atomic mass is 32.1. The Balaban J connectivity index is 1.28.